The molecule has 6 nitrogen and oxygen atoms in total. The van der Waals surface area contributed by atoms with Gasteiger partial charge in [-0.05, 0) is 17.7 Å². The number of amides is 1. The number of hydrogen-bond acceptors (Lipinski definition) is 3. The number of aliphatic carboxylic acids is 1. The summed E-state index contributed by atoms with van der Waals surface area (Å²) >= 11 is 0. The van der Waals surface area contributed by atoms with Gasteiger partial charge in [0.1, 0.15) is 6.42 Å². The first-order valence-electron chi connectivity index (χ1n) is 5.72. The molecular formula is C13H13N3O3. The third kappa shape index (κ3) is 3.67. The zero-order chi connectivity index (χ0) is 13.7. The van der Waals surface area contributed by atoms with E-state index in [4.69, 9.17) is 5.11 Å². The molecule has 1 heterocycles. The van der Waals surface area contributed by atoms with Gasteiger partial charge in [0.2, 0.25) is 5.91 Å². The SMILES string of the molecule is O=C(O)CC(=O)Nc1ccccc1Cn1cccn1. The lowest BCUT2D eigenvalue weighted by Crippen LogP contribution is -2.17. The number of carboxylic acid groups (broad SMARTS) is 1. The molecule has 6 heteroatoms. The molecule has 0 aliphatic rings. The smallest absolute Gasteiger partial charge is 0.312 e. The van der Waals surface area contributed by atoms with E-state index in [-0.39, 0.29) is 0 Å². The Balaban J connectivity index is 2.12. The molecule has 0 saturated carbocycles. The van der Waals surface area contributed by atoms with Crippen molar-refractivity contribution in [1.82, 2.24) is 9.78 Å². The predicted octanol–water partition coefficient (Wildman–Crippen LogP) is 1.34. The van der Waals surface area contributed by atoms with Gasteiger partial charge in [-0.25, -0.2) is 0 Å². The van der Waals surface area contributed by atoms with Gasteiger partial charge in [0.15, 0.2) is 0 Å². The molecule has 1 amide bonds. The third-order valence-corrected chi connectivity index (χ3v) is 2.49. The lowest BCUT2D eigenvalue weighted by atomic mass is 10.1. The number of carbonyl (C=O) groups excluding carboxylic acids is 1. The van der Waals surface area contributed by atoms with E-state index in [9.17, 15) is 9.59 Å². The van der Waals surface area contributed by atoms with Crippen molar-refractivity contribution in [2.24, 2.45) is 0 Å². The maximum Gasteiger partial charge on any atom is 0.312 e. The van der Waals surface area contributed by atoms with Gasteiger partial charge in [-0.3, -0.25) is 14.3 Å². The van der Waals surface area contributed by atoms with Crippen LogP contribution in [0.4, 0.5) is 5.69 Å². The highest BCUT2D eigenvalue weighted by Gasteiger charge is 2.10. The second kappa shape index (κ2) is 5.81. The van der Waals surface area contributed by atoms with Crippen LogP contribution in [0.1, 0.15) is 12.0 Å². The summed E-state index contributed by atoms with van der Waals surface area (Å²) in [6.45, 7) is 0.510. The number of nitrogens with zero attached hydrogens (tertiary/aromatic N) is 2. The molecule has 2 N–H and O–H groups in total. The summed E-state index contributed by atoms with van der Waals surface area (Å²) in [5, 5.41) is 15.2. The van der Waals surface area contributed by atoms with E-state index < -0.39 is 18.3 Å². The van der Waals surface area contributed by atoms with Gasteiger partial charge in [-0.1, -0.05) is 18.2 Å². The molecule has 0 aliphatic heterocycles. The first-order chi connectivity index (χ1) is 9.15. The zero-order valence-corrected chi connectivity index (χ0v) is 10.1. The quantitative estimate of drug-likeness (QED) is 0.794. The number of carboxylic acids is 1. The topological polar surface area (TPSA) is 84.2 Å². The normalized spacial score (nSPS) is 10.1. The van der Waals surface area contributed by atoms with Gasteiger partial charge in [0, 0.05) is 18.1 Å². The van der Waals surface area contributed by atoms with E-state index in [0.717, 1.165) is 5.56 Å². The summed E-state index contributed by atoms with van der Waals surface area (Å²) in [5.41, 5.74) is 1.47. The summed E-state index contributed by atoms with van der Waals surface area (Å²) in [6.07, 6.45) is 2.94. The van der Waals surface area contributed by atoms with Crippen LogP contribution in [0.5, 0.6) is 0 Å². The fourth-order valence-corrected chi connectivity index (χ4v) is 1.68. The molecule has 1 aromatic heterocycles. The molecule has 0 bridgehead atoms. The van der Waals surface area contributed by atoms with Gasteiger partial charge < -0.3 is 10.4 Å². The number of para-hydroxylation sites is 1. The molecule has 0 atom stereocenters. The second-order valence-electron chi connectivity index (χ2n) is 3.98. The molecule has 0 aliphatic carbocycles. The second-order valence-corrected chi connectivity index (χ2v) is 3.98. The number of carbonyl (C=O) groups is 2. The van der Waals surface area contributed by atoms with Crippen LogP contribution in [0, 0.1) is 0 Å². The van der Waals surface area contributed by atoms with Crippen LogP contribution in [-0.4, -0.2) is 26.8 Å². The fraction of sp³-hybridized carbons (Fsp3) is 0.154. The number of rotatable bonds is 5. The van der Waals surface area contributed by atoms with Crippen molar-refractivity contribution < 1.29 is 14.7 Å². The zero-order valence-electron chi connectivity index (χ0n) is 10.1. The summed E-state index contributed by atoms with van der Waals surface area (Å²) < 4.78 is 1.72. The van der Waals surface area contributed by atoms with E-state index in [1.54, 1.807) is 23.0 Å². The largest absolute Gasteiger partial charge is 0.481 e. The van der Waals surface area contributed by atoms with Crippen molar-refractivity contribution in [2.75, 3.05) is 5.32 Å². The molecule has 0 spiro atoms. The molecule has 2 rings (SSSR count). The van der Waals surface area contributed by atoms with E-state index in [2.05, 4.69) is 10.4 Å². The highest BCUT2D eigenvalue weighted by Crippen LogP contribution is 2.16. The van der Waals surface area contributed by atoms with Gasteiger partial charge >= 0.3 is 5.97 Å². The molecular weight excluding hydrogens is 246 g/mol. The Morgan fingerprint density at radius 1 is 1.26 bits per heavy atom. The number of aromatic nitrogens is 2. The van der Waals surface area contributed by atoms with Gasteiger partial charge in [0.25, 0.3) is 0 Å². The van der Waals surface area contributed by atoms with Crippen molar-refractivity contribution >= 4 is 17.6 Å². The van der Waals surface area contributed by atoms with Crippen LogP contribution in [0.15, 0.2) is 42.7 Å². The van der Waals surface area contributed by atoms with Crippen LogP contribution >= 0.6 is 0 Å². The average molecular weight is 259 g/mol. The van der Waals surface area contributed by atoms with E-state index in [1.165, 1.54) is 0 Å². The van der Waals surface area contributed by atoms with Crippen molar-refractivity contribution in [3.8, 4) is 0 Å². The Kier molecular flexibility index (Phi) is 3.92. The highest BCUT2D eigenvalue weighted by molar-refractivity contribution is 6.01. The van der Waals surface area contributed by atoms with E-state index in [0.29, 0.717) is 12.2 Å². The molecule has 0 fully saturated rings. The Morgan fingerprint density at radius 3 is 2.74 bits per heavy atom. The summed E-state index contributed by atoms with van der Waals surface area (Å²) in [6, 6.07) is 9.04. The number of benzene rings is 1. The Morgan fingerprint density at radius 2 is 2.05 bits per heavy atom. The van der Waals surface area contributed by atoms with Gasteiger partial charge in [0.05, 0.1) is 6.54 Å². The van der Waals surface area contributed by atoms with Gasteiger partial charge in [-0.2, -0.15) is 5.10 Å². The van der Waals surface area contributed by atoms with Crippen molar-refractivity contribution in [3.05, 3.63) is 48.3 Å². The lowest BCUT2D eigenvalue weighted by Gasteiger charge is -2.10. The van der Waals surface area contributed by atoms with Crippen LogP contribution in [0.3, 0.4) is 0 Å². The fourth-order valence-electron chi connectivity index (χ4n) is 1.68. The molecule has 19 heavy (non-hydrogen) atoms. The maximum absolute atomic E-state index is 11.5. The lowest BCUT2D eigenvalue weighted by molar-refractivity contribution is -0.139. The van der Waals surface area contributed by atoms with E-state index >= 15 is 0 Å². The Hall–Kier alpha value is -2.63. The summed E-state index contributed by atoms with van der Waals surface area (Å²) in [5.74, 6) is -1.69. The number of nitrogens with one attached hydrogen (secondary N) is 1. The summed E-state index contributed by atoms with van der Waals surface area (Å²) in [7, 11) is 0. The van der Waals surface area contributed by atoms with Crippen LogP contribution < -0.4 is 5.32 Å². The van der Waals surface area contributed by atoms with Crippen LogP contribution in [-0.2, 0) is 16.1 Å². The summed E-state index contributed by atoms with van der Waals surface area (Å²) in [4.78, 5) is 21.9. The predicted molar refractivity (Wildman–Crippen MR) is 68.7 cm³/mol. The number of anilines is 1. The Bertz CT molecular complexity index is 579. The first-order valence-corrected chi connectivity index (χ1v) is 5.72. The molecule has 0 saturated heterocycles. The molecule has 0 unspecified atom stereocenters. The van der Waals surface area contributed by atoms with Gasteiger partial charge in [-0.15, -0.1) is 0 Å². The third-order valence-electron chi connectivity index (χ3n) is 2.49. The molecule has 0 radical (unpaired) electrons. The van der Waals surface area contributed by atoms with Crippen molar-refractivity contribution in [2.45, 2.75) is 13.0 Å². The highest BCUT2D eigenvalue weighted by atomic mass is 16.4. The Labute approximate surface area is 109 Å². The molecule has 2 aromatic rings. The average Bonchev–Trinajstić information content (AvgIpc) is 2.83. The first kappa shape index (κ1) is 12.8. The van der Waals surface area contributed by atoms with Crippen LogP contribution in [0.25, 0.3) is 0 Å². The standard InChI is InChI=1S/C13H13N3O3/c17-12(8-13(18)19)15-11-5-2-1-4-10(11)9-16-7-3-6-14-16/h1-7H,8-9H2,(H,15,17)(H,18,19). The minimum absolute atomic E-state index is 0.510. The monoisotopic (exact) mass is 259 g/mol. The van der Waals surface area contributed by atoms with Crippen molar-refractivity contribution in [3.63, 3.8) is 0 Å². The maximum atomic E-state index is 11.5. The van der Waals surface area contributed by atoms with Crippen LogP contribution in [0.2, 0.25) is 0 Å². The number of hydrogen-bond donors (Lipinski definition) is 2. The molecule has 1 aromatic carbocycles. The minimum Gasteiger partial charge on any atom is -0.481 e. The van der Waals surface area contributed by atoms with E-state index in [1.807, 2.05) is 24.4 Å². The van der Waals surface area contributed by atoms with Crippen molar-refractivity contribution in [1.29, 1.82) is 0 Å². The minimum atomic E-state index is -1.15. The molecule has 98 valence electrons.